The Morgan fingerprint density at radius 3 is 2.41 bits per heavy atom. The Morgan fingerprint density at radius 2 is 1.72 bits per heavy atom. The minimum Gasteiger partial charge on any atom is -0.493 e. The molecule has 1 aliphatic carbocycles. The highest BCUT2D eigenvalue weighted by atomic mass is 35.5. The zero-order valence-corrected chi connectivity index (χ0v) is 27.2. The van der Waals surface area contributed by atoms with E-state index < -0.39 is 0 Å². The maximum Gasteiger partial charge on any atom is 0.293 e. The van der Waals surface area contributed by atoms with Crippen LogP contribution in [-0.2, 0) is 16.0 Å². The Hall–Kier alpha value is -4.67. The lowest BCUT2D eigenvalue weighted by molar-refractivity contribution is -0.130. The van der Waals surface area contributed by atoms with Crippen LogP contribution in [0.15, 0.2) is 72.8 Å². The van der Waals surface area contributed by atoms with Gasteiger partial charge in [-0.1, -0.05) is 29.8 Å². The van der Waals surface area contributed by atoms with E-state index in [-0.39, 0.29) is 18.8 Å². The van der Waals surface area contributed by atoms with Crippen molar-refractivity contribution in [1.82, 2.24) is 4.98 Å². The molecular weight excluding hydrogens is 628 g/mol. The van der Waals surface area contributed by atoms with Gasteiger partial charge in [0.2, 0.25) is 12.5 Å². The van der Waals surface area contributed by atoms with Crippen molar-refractivity contribution in [2.75, 3.05) is 40.0 Å². The van der Waals surface area contributed by atoms with Crippen LogP contribution in [0.3, 0.4) is 0 Å². The summed E-state index contributed by atoms with van der Waals surface area (Å²) in [7, 11) is 4.77. The van der Waals surface area contributed by atoms with Gasteiger partial charge in [-0.05, 0) is 78.6 Å². The van der Waals surface area contributed by atoms with Crippen LogP contribution in [0.1, 0.15) is 23.6 Å². The summed E-state index contributed by atoms with van der Waals surface area (Å²) in [6, 6.07) is 23.5. The molecular formula is C35H33ClN2O7S. The second-order valence-corrected chi connectivity index (χ2v) is 12.1. The fraction of sp³-hybridized carbons (Fsp3) is 0.257. The number of carbonyl (C=O) groups is 1. The summed E-state index contributed by atoms with van der Waals surface area (Å²) in [6.45, 7) is 1.08. The SMILES string of the molecule is COc1cccc(OC)c1OC.O=COCC1CCc2cc3c(cc2C1Nc1ccc(-c2nc4ccccc4s2)c(Cl)c1)OCO3. The number of carbonyl (C=O) groups excluding carboxylic acids is 1. The molecule has 0 spiro atoms. The van der Waals surface area contributed by atoms with Gasteiger partial charge in [-0.2, -0.15) is 0 Å². The molecule has 1 N–H and O–H groups in total. The number of rotatable bonds is 9. The lowest BCUT2D eigenvalue weighted by Gasteiger charge is -2.34. The molecule has 2 heterocycles. The number of benzene rings is 4. The van der Waals surface area contributed by atoms with Gasteiger partial charge in [0.15, 0.2) is 23.0 Å². The molecule has 2 atom stereocenters. The molecule has 5 aromatic rings. The second kappa shape index (κ2) is 14.2. The first-order valence-electron chi connectivity index (χ1n) is 14.7. The molecule has 0 bridgehead atoms. The molecule has 238 valence electrons. The van der Waals surface area contributed by atoms with Crippen molar-refractivity contribution in [2.24, 2.45) is 5.92 Å². The van der Waals surface area contributed by atoms with Crippen LogP contribution in [0.25, 0.3) is 20.8 Å². The van der Waals surface area contributed by atoms with Crippen molar-refractivity contribution in [3.63, 3.8) is 0 Å². The molecule has 2 aliphatic rings. The number of hydrogen-bond donors (Lipinski definition) is 1. The number of hydrogen-bond acceptors (Lipinski definition) is 10. The van der Waals surface area contributed by atoms with Crippen molar-refractivity contribution < 1.29 is 33.2 Å². The third-order valence-corrected chi connectivity index (χ3v) is 9.39. The largest absolute Gasteiger partial charge is 0.493 e. The third-order valence-electron chi connectivity index (χ3n) is 8.01. The minimum atomic E-state index is -0.0671. The van der Waals surface area contributed by atoms with Gasteiger partial charge in [-0.25, -0.2) is 4.98 Å². The highest BCUT2D eigenvalue weighted by Crippen LogP contribution is 2.44. The van der Waals surface area contributed by atoms with E-state index in [0.29, 0.717) is 35.4 Å². The van der Waals surface area contributed by atoms with Crippen LogP contribution in [0.5, 0.6) is 28.7 Å². The number of nitrogens with zero attached hydrogens (tertiary/aromatic N) is 1. The van der Waals surface area contributed by atoms with Crippen molar-refractivity contribution in [2.45, 2.75) is 18.9 Å². The van der Waals surface area contributed by atoms with E-state index in [1.807, 2.05) is 60.7 Å². The first kappa shape index (κ1) is 31.3. The summed E-state index contributed by atoms with van der Waals surface area (Å²) in [5.41, 5.74) is 5.10. The van der Waals surface area contributed by atoms with E-state index in [4.69, 9.17) is 45.0 Å². The number of ether oxygens (including phenoxy) is 6. The Balaban J connectivity index is 0.000000262. The van der Waals surface area contributed by atoms with Crippen molar-refractivity contribution in [1.29, 1.82) is 0 Å². The fourth-order valence-electron chi connectivity index (χ4n) is 5.77. The van der Waals surface area contributed by atoms with Gasteiger partial charge in [0.1, 0.15) is 5.01 Å². The molecule has 7 rings (SSSR count). The molecule has 0 radical (unpaired) electrons. The predicted octanol–water partition coefficient (Wildman–Crippen LogP) is 7.95. The van der Waals surface area contributed by atoms with Crippen LogP contribution in [0, 0.1) is 5.92 Å². The van der Waals surface area contributed by atoms with Crippen LogP contribution >= 0.6 is 22.9 Å². The fourth-order valence-corrected chi connectivity index (χ4v) is 7.10. The maximum atomic E-state index is 10.9. The quantitative estimate of drug-likeness (QED) is 0.158. The summed E-state index contributed by atoms with van der Waals surface area (Å²) >= 11 is 8.35. The molecule has 0 amide bonds. The first-order valence-corrected chi connectivity index (χ1v) is 15.9. The van der Waals surface area contributed by atoms with Crippen LogP contribution in [0.2, 0.25) is 5.02 Å². The number of methoxy groups -OCH3 is 3. The number of aryl methyl sites for hydroxylation is 1. The number of halogens is 1. The van der Waals surface area contributed by atoms with E-state index in [2.05, 4.69) is 17.4 Å². The van der Waals surface area contributed by atoms with Crippen molar-refractivity contribution in [3.05, 3.63) is 88.9 Å². The van der Waals surface area contributed by atoms with Crippen LogP contribution in [0.4, 0.5) is 5.69 Å². The van der Waals surface area contributed by atoms with Crippen molar-refractivity contribution in [3.8, 4) is 39.3 Å². The molecule has 0 saturated heterocycles. The van der Waals surface area contributed by atoms with E-state index in [0.717, 1.165) is 56.4 Å². The second-order valence-electron chi connectivity index (χ2n) is 10.6. The monoisotopic (exact) mass is 660 g/mol. The van der Waals surface area contributed by atoms with Crippen molar-refractivity contribution >= 4 is 45.3 Å². The van der Waals surface area contributed by atoms with Crippen LogP contribution in [-0.4, -0.2) is 46.2 Å². The number of para-hydroxylation sites is 2. The topological polar surface area (TPSA) is 97.4 Å². The molecule has 0 fully saturated rings. The van der Waals surface area contributed by atoms with Gasteiger partial charge < -0.3 is 33.7 Å². The molecule has 1 aliphatic heterocycles. The lowest BCUT2D eigenvalue weighted by Crippen LogP contribution is -2.30. The smallest absolute Gasteiger partial charge is 0.293 e. The number of aromatic nitrogens is 1. The highest BCUT2D eigenvalue weighted by Gasteiger charge is 2.32. The van der Waals surface area contributed by atoms with Gasteiger partial charge in [0.25, 0.3) is 6.47 Å². The summed E-state index contributed by atoms with van der Waals surface area (Å²) in [4.78, 5) is 15.6. The molecule has 0 saturated carbocycles. The van der Waals surface area contributed by atoms with Gasteiger partial charge in [0.05, 0.1) is 49.2 Å². The number of thiazole rings is 1. The zero-order valence-electron chi connectivity index (χ0n) is 25.6. The Labute approximate surface area is 275 Å². The standard InChI is InChI=1S/C26H21ClN2O4S.C9H12O3/c27-20-10-17(7-8-18(20)26-29-21-3-1-2-4-24(21)34-26)28-25-16(12-31-13-30)6-5-15-9-22-23(11-19(15)25)33-14-32-22;1-10-7-5-4-6-8(11-2)9(7)12-3/h1-4,7-11,13,16,25,28H,5-6,12,14H2;4-6H,1-3H3. The average molecular weight is 661 g/mol. The molecule has 11 heteroatoms. The summed E-state index contributed by atoms with van der Waals surface area (Å²) in [6.07, 6.45) is 1.77. The van der Waals surface area contributed by atoms with E-state index in [1.165, 1.54) is 5.56 Å². The van der Waals surface area contributed by atoms with Crippen LogP contribution < -0.4 is 29.0 Å². The Morgan fingerprint density at radius 1 is 0.957 bits per heavy atom. The normalized spacial score (nSPS) is 16.1. The number of fused-ring (bicyclic) bond motifs is 3. The Bertz CT molecular complexity index is 1790. The van der Waals surface area contributed by atoms with E-state index >= 15 is 0 Å². The summed E-state index contributed by atoms with van der Waals surface area (Å²) in [5.74, 6) is 3.62. The highest BCUT2D eigenvalue weighted by molar-refractivity contribution is 7.21. The number of anilines is 1. The molecule has 9 nitrogen and oxygen atoms in total. The van der Waals surface area contributed by atoms with Gasteiger partial charge in [-0.3, -0.25) is 4.79 Å². The summed E-state index contributed by atoms with van der Waals surface area (Å²) in [5, 5.41) is 5.16. The maximum absolute atomic E-state index is 10.9. The number of nitrogens with one attached hydrogen (secondary N) is 1. The molecule has 2 unspecified atom stereocenters. The molecule has 46 heavy (non-hydrogen) atoms. The zero-order chi connectivity index (χ0) is 32.0. The molecule has 4 aromatic carbocycles. The average Bonchev–Trinajstić information content (AvgIpc) is 3.73. The van der Waals surface area contributed by atoms with Gasteiger partial charge in [0, 0.05) is 17.2 Å². The third kappa shape index (κ3) is 6.49. The minimum absolute atomic E-state index is 0.0671. The Kier molecular flexibility index (Phi) is 9.65. The molecule has 1 aromatic heterocycles. The predicted molar refractivity (Wildman–Crippen MR) is 179 cm³/mol. The van der Waals surface area contributed by atoms with Gasteiger partial charge >= 0.3 is 0 Å². The van der Waals surface area contributed by atoms with E-state index in [9.17, 15) is 4.79 Å². The lowest BCUT2D eigenvalue weighted by atomic mass is 9.79. The first-order chi connectivity index (χ1) is 22.5. The summed E-state index contributed by atoms with van der Waals surface area (Å²) < 4.78 is 32.7. The van der Waals surface area contributed by atoms with Gasteiger partial charge in [-0.15, -0.1) is 11.3 Å². The van der Waals surface area contributed by atoms with E-state index in [1.54, 1.807) is 32.7 Å².